The SMILES string of the molecule is CC1(C)CCC(O)(CCC2(O)CCC(C)(C)CC2)CC1. The lowest BCUT2D eigenvalue weighted by molar-refractivity contribution is -0.0757. The summed E-state index contributed by atoms with van der Waals surface area (Å²) in [4.78, 5) is 0. The largest absolute Gasteiger partial charge is 0.390 e. The van der Waals surface area contributed by atoms with Crippen LogP contribution in [-0.4, -0.2) is 21.4 Å². The van der Waals surface area contributed by atoms with E-state index in [1.54, 1.807) is 0 Å². The molecule has 0 radical (unpaired) electrons. The molecule has 2 rings (SSSR count). The summed E-state index contributed by atoms with van der Waals surface area (Å²) in [5, 5.41) is 21.5. The van der Waals surface area contributed by atoms with Gasteiger partial charge in [0, 0.05) is 0 Å². The van der Waals surface area contributed by atoms with Crippen LogP contribution in [0.3, 0.4) is 0 Å². The molecule has 2 N–H and O–H groups in total. The van der Waals surface area contributed by atoms with E-state index >= 15 is 0 Å². The van der Waals surface area contributed by atoms with Gasteiger partial charge in [0.05, 0.1) is 11.2 Å². The minimum Gasteiger partial charge on any atom is -0.390 e. The van der Waals surface area contributed by atoms with E-state index in [2.05, 4.69) is 27.7 Å². The highest BCUT2D eigenvalue weighted by molar-refractivity contribution is 4.94. The zero-order valence-electron chi connectivity index (χ0n) is 14.0. The Bertz CT molecular complexity index is 289. The van der Waals surface area contributed by atoms with Crippen molar-refractivity contribution in [3.8, 4) is 0 Å². The third-order valence-electron chi connectivity index (χ3n) is 6.12. The second-order valence-electron chi connectivity index (χ2n) is 9.28. The second-order valence-corrected chi connectivity index (χ2v) is 9.28. The van der Waals surface area contributed by atoms with Crippen molar-refractivity contribution in [3.63, 3.8) is 0 Å². The van der Waals surface area contributed by atoms with E-state index in [4.69, 9.17) is 0 Å². The lowest BCUT2D eigenvalue weighted by Gasteiger charge is -2.44. The average Bonchev–Trinajstić information content (AvgIpc) is 2.36. The van der Waals surface area contributed by atoms with Gasteiger partial charge in [0.15, 0.2) is 0 Å². The van der Waals surface area contributed by atoms with Crippen LogP contribution in [0.1, 0.15) is 91.9 Å². The highest BCUT2D eigenvalue weighted by atomic mass is 16.3. The first-order chi connectivity index (χ1) is 9.04. The van der Waals surface area contributed by atoms with Crippen molar-refractivity contribution >= 4 is 0 Å². The predicted octanol–water partition coefficient (Wildman–Crippen LogP) is 4.43. The van der Waals surface area contributed by atoms with Gasteiger partial charge in [0.1, 0.15) is 0 Å². The van der Waals surface area contributed by atoms with E-state index in [0.717, 1.165) is 64.2 Å². The Morgan fingerprint density at radius 3 is 1.05 bits per heavy atom. The van der Waals surface area contributed by atoms with Crippen LogP contribution in [0.25, 0.3) is 0 Å². The maximum atomic E-state index is 10.7. The number of rotatable bonds is 3. The Balaban J connectivity index is 1.83. The molecule has 0 spiro atoms. The Morgan fingerprint density at radius 1 is 0.550 bits per heavy atom. The van der Waals surface area contributed by atoms with Crippen LogP contribution in [0.5, 0.6) is 0 Å². The van der Waals surface area contributed by atoms with Crippen LogP contribution in [0.15, 0.2) is 0 Å². The molecule has 2 nitrogen and oxygen atoms in total. The van der Waals surface area contributed by atoms with Gasteiger partial charge in [0.25, 0.3) is 0 Å². The summed E-state index contributed by atoms with van der Waals surface area (Å²) in [7, 11) is 0. The van der Waals surface area contributed by atoms with Gasteiger partial charge in [0.2, 0.25) is 0 Å². The normalized spacial score (nSPS) is 30.9. The second kappa shape index (κ2) is 5.28. The predicted molar refractivity (Wildman–Crippen MR) is 83.6 cm³/mol. The molecule has 118 valence electrons. The number of aliphatic hydroxyl groups is 2. The monoisotopic (exact) mass is 282 g/mol. The molecule has 0 unspecified atom stereocenters. The summed E-state index contributed by atoms with van der Waals surface area (Å²) in [6, 6.07) is 0. The molecule has 0 amide bonds. The first-order valence-corrected chi connectivity index (χ1v) is 8.48. The van der Waals surface area contributed by atoms with Crippen molar-refractivity contribution < 1.29 is 10.2 Å². The molecule has 0 aromatic carbocycles. The number of hydrogen-bond donors (Lipinski definition) is 2. The lowest BCUT2D eigenvalue weighted by Crippen LogP contribution is -2.42. The maximum absolute atomic E-state index is 10.7. The minimum absolute atomic E-state index is 0.387. The molecule has 20 heavy (non-hydrogen) atoms. The van der Waals surface area contributed by atoms with Gasteiger partial charge in [-0.1, -0.05) is 27.7 Å². The zero-order valence-corrected chi connectivity index (χ0v) is 14.0. The molecule has 0 aromatic heterocycles. The van der Waals surface area contributed by atoms with Gasteiger partial charge >= 0.3 is 0 Å². The quantitative estimate of drug-likeness (QED) is 0.804. The lowest BCUT2D eigenvalue weighted by atomic mass is 9.66. The van der Waals surface area contributed by atoms with Crippen molar-refractivity contribution in [2.75, 3.05) is 0 Å². The van der Waals surface area contributed by atoms with Crippen LogP contribution in [0.4, 0.5) is 0 Å². The molecule has 0 saturated heterocycles. The van der Waals surface area contributed by atoms with E-state index in [1.807, 2.05) is 0 Å². The molecular weight excluding hydrogens is 248 g/mol. The Kier molecular flexibility index (Phi) is 4.30. The molecule has 0 aliphatic heterocycles. The van der Waals surface area contributed by atoms with Crippen LogP contribution >= 0.6 is 0 Å². The zero-order chi connectivity index (χ0) is 15.1. The average molecular weight is 282 g/mol. The third kappa shape index (κ3) is 4.21. The van der Waals surface area contributed by atoms with Crippen molar-refractivity contribution in [1.82, 2.24) is 0 Å². The summed E-state index contributed by atoms with van der Waals surface area (Å²) < 4.78 is 0. The van der Waals surface area contributed by atoms with E-state index in [1.165, 1.54) is 0 Å². The molecule has 2 aliphatic rings. The van der Waals surface area contributed by atoms with Crippen LogP contribution in [0, 0.1) is 10.8 Å². The first-order valence-electron chi connectivity index (χ1n) is 8.48. The first kappa shape index (κ1) is 16.3. The molecule has 2 heteroatoms. The van der Waals surface area contributed by atoms with Gasteiger partial charge in [-0.3, -0.25) is 0 Å². The maximum Gasteiger partial charge on any atom is 0.0649 e. The van der Waals surface area contributed by atoms with Crippen molar-refractivity contribution in [1.29, 1.82) is 0 Å². The van der Waals surface area contributed by atoms with Crippen molar-refractivity contribution in [2.24, 2.45) is 10.8 Å². The van der Waals surface area contributed by atoms with Gasteiger partial charge < -0.3 is 10.2 Å². The van der Waals surface area contributed by atoms with E-state index < -0.39 is 11.2 Å². The van der Waals surface area contributed by atoms with Gasteiger partial charge in [-0.15, -0.1) is 0 Å². The summed E-state index contributed by atoms with van der Waals surface area (Å²) >= 11 is 0. The Morgan fingerprint density at radius 2 is 0.800 bits per heavy atom. The van der Waals surface area contributed by atoms with E-state index in [9.17, 15) is 10.2 Å². The van der Waals surface area contributed by atoms with E-state index in [0.29, 0.717) is 10.8 Å². The highest BCUT2D eigenvalue weighted by Crippen LogP contribution is 2.46. The molecule has 0 heterocycles. The van der Waals surface area contributed by atoms with E-state index in [-0.39, 0.29) is 0 Å². The molecule has 2 fully saturated rings. The fourth-order valence-corrected chi connectivity index (χ4v) is 3.75. The fourth-order valence-electron chi connectivity index (χ4n) is 3.75. The van der Waals surface area contributed by atoms with Gasteiger partial charge in [-0.2, -0.15) is 0 Å². The van der Waals surface area contributed by atoms with Crippen LogP contribution in [0.2, 0.25) is 0 Å². The van der Waals surface area contributed by atoms with Crippen LogP contribution in [-0.2, 0) is 0 Å². The molecule has 2 saturated carbocycles. The minimum atomic E-state index is -0.516. The Labute approximate surface area is 125 Å². The Hall–Kier alpha value is -0.0800. The van der Waals surface area contributed by atoms with Crippen molar-refractivity contribution in [3.05, 3.63) is 0 Å². The standard InChI is InChI=1S/C18H34O2/c1-15(2)5-9-17(19,10-6-15)13-14-18(20)11-7-16(3,4)8-12-18/h19-20H,5-14H2,1-4H3. The molecule has 2 aliphatic carbocycles. The molecule has 0 bridgehead atoms. The topological polar surface area (TPSA) is 40.5 Å². The fraction of sp³-hybridized carbons (Fsp3) is 1.00. The summed E-state index contributed by atoms with van der Waals surface area (Å²) in [5.41, 5.74) is -0.258. The van der Waals surface area contributed by atoms with Crippen molar-refractivity contribution in [2.45, 2.75) is 103 Å². The number of hydrogen-bond acceptors (Lipinski definition) is 2. The van der Waals surface area contributed by atoms with Gasteiger partial charge in [-0.05, 0) is 75.0 Å². The molecule has 0 aromatic rings. The van der Waals surface area contributed by atoms with Crippen LogP contribution < -0.4 is 0 Å². The molecular formula is C18H34O2. The smallest absolute Gasteiger partial charge is 0.0649 e. The summed E-state index contributed by atoms with van der Waals surface area (Å²) in [6.45, 7) is 9.18. The highest BCUT2D eigenvalue weighted by Gasteiger charge is 2.41. The molecule has 0 atom stereocenters. The third-order valence-corrected chi connectivity index (χ3v) is 6.12. The summed E-state index contributed by atoms with van der Waals surface area (Å²) in [5.74, 6) is 0. The summed E-state index contributed by atoms with van der Waals surface area (Å²) in [6.07, 6.45) is 9.60. The van der Waals surface area contributed by atoms with Gasteiger partial charge in [-0.25, -0.2) is 0 Å².